The molecule has 35 heavy (non-hydrogen) atoms. The van der Waals surface area contributed by atoms with Crippen LogP contribution < -0.4 is 16.0 Å². The minimum absolute atomic E-state index is 0.0859. The number of amides is 3. The van der Waals surface area contributed by atoms with Gasteiger partial charge in [0.15, 0.2) is 0 Å². The Bertz CT molecular complexity index is 951. The molecule has 3 amide bonds. The number of unbranched alkanes of at least 4 members (excludes halogenated alkanes) is 3. The zero-order chi connectivity index (χ0) is 25.7. The van der Waals surface area contributed by atoms with E-state index in [1.165, 1.54) is 19.1 Å². The molecule has 0 aliphatic heterocycles. The summed E-state index contributed by atoms with van der Waals surface area (Å²) in [4.78, 5) is 37.8. The molecular formula is C26H35N3O6. The molecule has 2 aromatic rings. The second-order valence-corrected chi connectivity index (χ2v) is 8.75. The fraction of sp³-hybridized carbons (Fsp3) is 0.423. The van der Waals surface area contributed by atoms with Gasteiger partial charge in [-0.1, -0.05) is 55.3 Å². The topological polar surface area (TPSA) is 148 Å². The van der Waals surface area contributed by atoms with Gasteiger partial charge in [0.05, 0.1) is 0 Å². The number of benzene rings is 2. The van der Waals surface area contributed by atoms with Gasteiger partial charge in [-0.3, -0.25) is 9.59 Å². The van der Waals surface area contributed by atoms with Crippen molar-refractivity contribution in [2.45, 2.75) is 57.0 Å². The zero-order valence-corrected chi connectivity index (χ0v) is 20.0. The highest BCUT2D eigenvalue weighted by Gasteiger charge is 2.37. The van der Waals surface area contributed by atoms with Crippen molar-refractivity contribution >= 4 is 17.9 Å². The number of rotatable bonds is 14. The molecule has 190 valence electrons. The van der Waals surface area contributed by atoms with E-state index in [-0.39, 0.29) is 31.1 Å². The van der Waals surface area contributed by atoms with Gasteiger partial charge < -0.3 is 31.3 Å². The third-order valence-corrected chi connectivity index (χ3v) is 5.67. The number of carbonyl (C=O) groups excluding carboxylic acids is 2. The molecular weight excluding hydrogens is 450 g/mol. The van der Waals surface area contributed by atoms with Gasteiger partial charge in [0, 0.05) is 26.0 Å². The molecule has 0 saturated heterocycles. The van der Waals surface area contributed by atoms with Crippen LogP contribution in [0.2, 0.25) is 0 Å². The van der Waals surface area contributed by atoms with Crippen LogP contribution in [0.5, 0.6) is 5.75 Å². The van der Waals surface area contributed by atoms with Crippen molar-refractivity contribution in [1.29, 1.82) is 0 Å². The van der Waals surface area contributed by atoms with E-state index >= 15 is 0 Å². The molecule has 6 N–H and O–H groups in total. The van der Waals surface area contributed by atoms with Gasteiger partial charge in [-0.15, -0.1) is 0 Å². The molecule has 0 fully saturated rings. The number of phenolic OH excluding ortho intramolecular Hbond substituents is 1. The highest BCUT2D eigenvalue weighted by Crippen LogP contribution is 2.16. The number of carboxylic acid groups (broad SMARTS) is 1. The van der Waals surface area contributed by atoms with Gasteiger partial charge in [0.2, 0.25) is 11.8 Å². The lowest BCUT2D eigenvalue weighted by Crippen LogP contribution is -2.61. The Hall–Kier alpha value is -3.59. The third kappa shape index (κ3) is 9.66. The molecule has 0 aromatic heterocycles. The van der Waals surface area contributed by atoms with Crippen molar-refractivity contribution in [3.05, 3.63) is 65.7 Å². The Balaban J connectivity index is 2.16. The molecule has 0 saturated carbocycles. The van der Waals surface area contributed by atoms with Crippen LogP contribution in [-0.4, -0.2) is 58.0 Å². The molecule has 2 aromatic carbocycles. The summed E-state index contributed by atoms with van der Waals surface area (Å²) in [5, 5.41) is 35.7. The van der Waals surface area contributed by atoms with E-state index in [0.717, 1.165) is 30.4 Å². The Morgan fingerprint density at radius 3 is 2.20 bits per heavy atom. The van der Waals surface area contributed by atoms with Crippen LogP contribution in [0.3, 0.4) is 0 Å². The predicted molar refractivity (Wildman–Crippen MR) is 132 cm³/mol. The van der Waals surface area contributed by atoms with E-state index < -0.39 is 23.6 Å². The van der Waals surface area contributed by atoms with Gasteiger partial charge in [-0.25, -0.2) is 4.79 Å². The summed E-state index contributed by atoms with van der Waals surface area (Å²) in [7, 11) is 0. The summed E-state index contributed by atoms with van der Waals surface area (Å²) >= 11 is 0. The fourth-order valence-corrected chi connectivity index (χ4v) is 3.74. The van der Waals surface area contributed by atoms with Crippen LogP contribution in [0.4, 0.5) is 4.79 Å². The van der Waals surface area contributed by atoms with Gasteiger partial charge in [-0.05, 0) is 43.0 Å². The van der Waals surface area contributed by atoms with E-state index in [1.807, 2.05) is 6.07 Å². The Morgan fingerprint density at radius 2 is 1.57 bits per heavy atom. The molecule has 0 aliphatic carbocycles. The lowest BCUT2D eigenvalue weighted by molar-refractivity contribution is -0.132. The van der Waals surface area contributed by atoms with Crippen molar-refractivity contribution in [3.63, 3.8) is 0 Å². The lowest BCUT2D eigenvalue weighted by Gasteiger charge is -2.30. The molecule has 0 spiro atoms. The van der Waals surface area contributed by atoms with Crippen molar-refractivity contribution in [1.82, 2.24) is 16.0 Å². The summed E-state index contributed by atoms with van der Waals surface area (Å²) in [6.07, 6.45) is 2.08. The molecule has 9 nitrogen and oxygen atoms in total. The van der Waals surface area contributed by atoms with Crippen molar-refractivity contribution in [2.24, 2.45) is 0 Å². The fourth-order valence-electron chi connectivity index (χ4n) is 3.74. The number of carbonyl (C=O) groups is 3. The smallest absolute Gasteiger partial charge is 0.405 e. The first kappa shape index (κ1) is 27.7. The Kier molecular flexibility index (Phi) is 11.0. The Labute approximate surface area is 205 Å². The molecule has 0 radical (unpaired) electrons. The molecule has 9 heteroatoms. The Morgan fingerprint density at radius 1 is 0.914 bits per heavy atom. The predicted octanol–water partition coefficient (Wildman–Crippen LogP) is 2.36. The largest absolute Gasteiger partial charge is 0.508 e. The molecule has 0 bridgehead atoms. The third-order valence-electron chi connectivity index (χ3n) is 5.67. The summed E-state index contributed by atoms with van der Waals surface area (Å²) in [6.45, 7) is 2.04. The van der Waals surface area contributed by atoms with E-state index in [0.29, 0.717) is 13.0 Å². The summed E-state index contributed by atoms with van der Waals surface area (Å²) in [6, 6.07) is 14.4. The van der Waals surface area contributed by atoms with Crippen LogP contribution in [0.1, 0.15) is 43.7 Å². The SMILES string of the molecule is CC(Cc1ccccc1)(NC(=O)O)C(=O)NC(Cc1ccc(O)cc1)C(=O)NCCCCCCO. The van der Waals surface area contributed by atoms with E-state index in [1.54, 1.807) is 36.4 Å². The number of aliphatic hydroxyl groups is 1. The minimum Gasteiger partial charge on any atom is -0.508 e. The number of hydrogen-bond donors (Lipinski definition) is 6. The van der Waals surface area contributed by atoms with Crippen molar-refractivity contribution in [3.8, 4) is 5.75 Å². The summed E-state index contributed by atoms with van der Waals surface area (Å²) in [5.74, 6) is -0.917. The highest BCUT2D eigenvalue weighted by molar-refractivity contribution is 5.94. The maximum Gasteiger partial charge on any atom is 0.405 e. The zero-order valence-electron chi connectivity index (χ0n) is 20.0. The first-order valence-corrected chi connectivity index (χ1v) is 11.8. The van der Waals surface area contributed by atoms with Crippen LogP contribution in [0.25, 0.3) is 0 Å². The van der Waals surface area contributed by atoms with E-state index in [2.05, 4.69) is 16.0 Å². The van der Waals surface area contributed by atoms with E-state index in [4.69, 9.17) is 5.11 Å². The quantitative estimate of drug-likeness (QED) is 0.226. The van der Waals surface area contributed by atoms with Crippen molar-refractivity contribution in [2.75, 3.05) is 13.2 Å². The molecule has 0 aliphatic rings. The van der Waals surface area contributed by atoms with Crippen LogP contribution >= 0.6 is 0 Å². The standard InChI is InChI=1S/C26H35N3O6/c1-26(29-25(34)35,18-20-9-5-4-6-10-20)24(33)28-22(17-19-11-13-21(31)14-12-19)23(32)27-15-7-2-3-8-16-30/h4-6,9-14,22,29-31H,2-3,7-8,15-18H2,1H3,(H,27,32)(H,28,33)(H,34,35). The van der Waals surface area contributed by atoms with Crippen LogP contribution in [0, 0.1) is 0 Å². The number of aliphatic hydroxyl groups excluding tert-OH is 1. The first-order valence-electron chi connectivity index (χ1n) is 11.8. The van der Waals surface area contributed by atoms with Gasteiger partial charge >= 0.3 is 6.09 Å². The maximum atomic E-state index is 13.3. The maximum absolute atomic E-state index is 13.3. The summed E-state index contributed by atoms with van der Waals surface area (Å²) < 4.78 is 0. The molecule has 2 rings (SSSR count). The minimum atomic E-state index is -1.51. The molecule has 0 heterocycles. The average Bonchev–Trinajstić information content (AvgIpc) is 2.82. The first-order chi connectivity index (χ1) is 16.7. The van der Waals surface area contributed by atoms with Crippen LogP contribution in [0.15, 0.2) is 54.6 Å². The highest BCUT2D eigenvalue weighted by atomic mass is 16.4. The monoisotopic (exact) mass is 485 g/mol. The summed E-state index contributed by atoms with van der Waals surface area (Å²) in [5.41, 5.74) is -0.0196. The van der Waals surface area contributed by atoms with E-state index in [9.17, 15) is 24.6 Å². The second kappa shape index (κ2) is 14.0. The molecule has 2 unspecified atom stereocenters. The van der Waals surface area contributed by atoms with Gasteiger partial charge in [0.1, 0.15) is 17.3 Å². The normalized spacial score (nSPS) is 13.3. The average molecular weight is 486 g/mol. The lowest BCUT2D eigenvalue weighted by atomic mass is 9.91. The van der Waals surface area contributed by atoms with Gasteiger partial charge in [-0.2, -0.15) is 0 Å². The number of phenols is 1. The number of hydrogen-bond acceptors (Lipinski definition) is 5. The van der Waals surface area contributed by atoms with Gasteiger partial charge in [0.25, 0.3) is 0 Å². The number of nitrogens with one attached hydrogen (secondary N) is 3. The number of aromatic hydroxyl groups is 1. The van der Waals surface area contributed by atoms with Crippen LogP contribution in [-0.2, 0) is 22.4 Å². The second-order valence-electron chi connectivity index (χ2n) is 8.75. The molecule has 2 atom stereocenters. The van der Waals surface area contributed by atoms with Crippen molar-refractivity contribution < 1.29 is 29.7 Å².